The zero-order chi connectivity index (χ0) is 24.8. The number of rotatable bonds is 4. The molecular formula is C25H19N5O5S. The number of nitro benzene ring substituents is 1. The minimum Gasteiger partial charge on any atom is -0.454 e. The lowest BCUT2D eigenvalue weighted by molar-refractivity contribution is -0.386. The number of hydrogen-bond acceptors (Lipinski definition) is 9. The quantitative estimate of drug-likeness (QED) is 0.431. The van der Waals surface area contributed by atoms with E-state index in [0.717, 1.165) is 11.1 Å². The maximum Gasteiger partial charge on any atom is 0.280 e. The van der Waals surface area contributed by atoms with Crippen LogP contribution in [0.4, 0.5) is 5.69 Å². The highest BCUT2D eigenvalue weighted by molar-refractivity contribution is 8.13. The molecule has 0 saturated heterocycles. The number of fused-ring (bicyclic) bond motifs is 3. The number of benzene rings is 3. The van der Waals surface area contributed by atoms with Gasteiger partial charge in [0.15, 0.2) is 22.8 Å². The predicted molar refractivity (Wildman–Crippen MR) is 132 cm³/mol. The molecule has 0 aromatic heterocycles. The van der Waals surface area contributed by atoms with Crippen LogP contribution in [0.1, 0.15) is 22.9 Å². The van der Waals surface area contributed by atoms with Crippen LogP contribution in [-0.2, 0) is 10.5 Å². The molecule has 3 aliphatic heterocycles. The molecule has 0 aliphatic carbocycles. The van der Waals surface area contributed by atoms with Gasteiger partial charge in [-0.3, -0.25) is 25.2 Å². The molecule has 3 heterocycles. The van der Waals surface area contributed by atoms with Gasteiger partial charge in [-0.2, -0.15) is 0 Å². The third kappa shape index (κ3) is 3.83. The summed E-state index contributed by atoms with van der Waals surface area (Å²) in [7, 11) is 0. The second kappa shape index (κ2) is 8.68. The molecule has 1 N–H and O–H groups in total. The third-order valence-corrected chi connectivity index (χ3v) is 6.94. The molecule has 0 fully saturated rings. The van der Waals surface area contributed by atoms with Crippen LogP contribution in [0.3, 0.4) is 0 Å². The monoisotopic (exact) mass is 501 g/mol. The second-order valence-electron chi connectivity index (χ2n) is 8.37. The lowest BCUT2D eigenvalue weighted by Gasteiger charge is -2.33. The molecule has 0 bridgehead atoms. The highest BCUT2D eigenvalue weighted by Gasteiger charge is 2.38. The number of ether oxygens (including phenoxy) is 2. The Labute approximate surface area is 209 Å². The Morgan fingerprint density at radius 1 is 1.14 bits per heavy atom. The molecule has 36 heavy (non-hydrogen) atoms. The Kier molecular flexibility index (Phi) is 5.33. The molecule has 1 atom stereocenters. The van der Waals surface area contributed by atoms with E-state index in [2.05, 4.69) is 5.32 Å². The third-order valence-electron chi connectivity index (χ3n) is 6.01. The molecule has 11 heteroatoms. The van der Waals surface area contributed by atoms with Crippen molar-refractivity contribution in [1.82, 2.24) is 10.3 Å². The van der Waals surface area contributed by atoms with E-state index in [1.54, 1.807) is 24.3 Å². The van der Waals surface area contributed by atoms with Crippen molar-refractivity contribution in [3.63, 3.8) is 0 Å². The normalized spacial score (nSPS) is 17.5. The summed E-state index contributed by atoms with van der Waals surface area (Å²) in [5, 5.41) is 22.5. The van der Waals surface area contributed by atoms with Gasteiger partial charge in [-0.15, -0.1) is 5.10 Å². The van der Waals surface area contributed by atoms with E-state index >= 15 is 0 Å². The van der Waals surface area contributed by atoms with Crippen molar-refractivity contribution in [1.29, 1.82) is 0 Å². The van der Waals surface area contributed by atoms with E-state index in [-0.39, 0.29) is 29.6 Å². The fourth-order valence-corrected chi connectivity index (χ4v) is 5.05. The number of nitro groups is 1. The first-order chi connectivity index (χ1) is 17.5. The Morgan fingerprint density at radius 2 is 1.89 bits per heavy atom. The predicted octanol–water partition coefficient (Wildman–Crippen LogP) is 2.71. The minimum atomic E-state index is -0.953. The molecule has 0 unspecified atom stereocenters. The molecule has 0 radical (unpaired) electrons. The summed E-state index contributed by atoms with van der Waals surface area (Å²) in [6, 6.07) is 18.1. The zero-order valence-corrected chi connectivity index (χ0v) is 19.8. The van der Waals surface area contributed by atoms with Crippen LogP contribution in [0.25, 0.3) is 5.70 Å². The zero-order valence-electron chi connectivity index (χ0n) is 19.0. The van der Waals surface area contributed by atoms with Crippen molar-refractivity contribution in [2.45, 2.75) is 18.8 Å². The molecule has 180 valence electrons. The summed E-state index contributed by atoms with van der Waals surface area (Å²) >= 11 is 1.37. The van der Waals surface area contributed by atoms with Gasteiger partial charge in [0.25, 0.3) is 11.6 Å². The van der Waals surface area contributed by atoms with Crippen LogP contribution in [0.5, 0.6) is 11.5 Å². The van der Waals surface area contributed by atoms with Crippen molar-refractivity contribution >= 4 is 34.2 Å². The highest BCUT2D eigenvalue weighted by atomic mass is 32.2. The molecule has 3 aromatic rings. The van der Waals surface area contributed by atoms with Crippen LogP contribution in [-0.4, -0.2) is 27.8 Å². The van der Waals surface area contributed by atoms with Crippen molar-refractivity contribution < 1.29 is 19.2 Å². The van der Waals surface area contributed by atoms with Gasteiger partial charge < -0.3 is 9.47 Å². The van der Waals surface area contributed by atoms with Crippen molar-refractivity contribution in [2.75, 3.05) is 6.79 Å². The minimum absolute atomic E-state index is 0.0258. The number of carbonyl (C=O) groups is 1. The van der Waals surface area contributed by atoms with Gasteiger partial charge in [0.2, 0.25) is 6.79 Å². The van der Waals surface area contributed by atoms with Gasteiger partial charge in [-0.25, -0.2) is 5.01 Å². The number of amidine groups is 1. The van der Waals surface area contributed by atoms with Crippen LogP contribution in [0.15, 0.2) is 70.8 Å². The Hall–Kier alpha value is -4.38. The lowest BCUT2D eigenvalue weighted by Crippen LogP contribution is -2.50. The number of hydrazone groups is 1. The second-order valence-corrected chi connectivity index (χ2v) is 9.33. The maximum absolute atomic E-state index is 13.3. The summed E-state index contributed by atoms with van der Waals surface area (Å²) in [6.07, 6.45) is -0.953. The fourth-order valence-electron chi connectivity index (χ4n) is 4.24. The molecule has 3 aromatic carbocycles. The molecular weight excluding hydrogens is 482 g/mol. The van der Waals surface area contributed by atoms with Gasteiger partial charge in [0.1, 0.15) is 5.70 Å². The first kappa shape index (κ1) is 22.1. The fraction of sp³-hybridized carbons (Fsp3) is 0.160. The first-order valence-electron chi connectivity index (χ1n) is 11.1. The lowest BCUT2D eigenvalue weighted by atomic mass is 10.1. The number of para-hydroxylation sites is 1. The number of carbonyl (C=O) groups excluding carboxylic acids is 1. The summed E-state index contributed by atoms with van der Waals surface area (Å²) in [6.45, 7) is 1.99. The van der Waals surface area contributed by atoms with Gasteiger partial charge in [-0.1, -0.05) is 59.8 Å². The Balaban J connectivity index is 1.46. The number of aryl methyl sites for hydroxylation is 1. The van der Waals surface area contributed by atoms with Crippen LogP contribution in [0.2, 0.25) is 0 Å². The van der Waals surface area contributed by atoms with Crippen molar-refractivity contribution in [3.8, 4) is 11.5 Å². The first-order valence-corrected chi connectivity index (χ1v) is 12.1. The number of amides is 1. The van der Waals surface area contributed by atoms with E-state index in [1.165, 1.54) is 22.8 Å². The number of nitrogens with zero attached hydrogens (tertiary/aromatic N) is 4. The number of hydrogen-bond donors (Lipinski definition) is 1. The Bertz CT molecular complexity index is 1570. The summed E-state index contributed by atoms with van der Waals surface area (Å²) in [4.78, 5) is 29.6. The largest absolute Gasteiger partial charge is 0.454 e. The topological polar surface area (TPSA) is 119 Å². The average Bonchev–Trinajstić information content (AvgIpc) is 3.34. The highest BCUT2D eigenvalue weighted by Crippen LogP contribution is 2.43. The maximum atomic E-state index is 13.3. The molecule has 6 rings (SSSR count). The van der Waals surface area contributed by atoms with Crippen molar-refractivity contribution in [3.05, 3.63) is 98.0 Å². The molecule has 10 nitrogen and oxygen atoms in total. The number of nitrogens with one attached hydrogen (secondary N) is 1. The van der Waals surface area contributed by atoms with Gasteiger partial charge in [0, 0.05) is 11.0 Å². The number of thioether (sulfide) groups is 1. The average molecular weight is 502 g/mol. The Morgan fingerprint density at radius 3 is 2.67 bits per heavy atom. The van der Waals surface area contributed by atoms with Crippen molar-refractivity contribution in [2.24, 2.45) is 10.1 Å². The smallest absolute Gasteiger partial charge is 0.280 e. The standard InChI is InChI=1S/C25H19N5O5S/c1-14-6-8-15(9-7-14)12-36-25-27-24(31)22-16-4-2-3-5-18(16)26-23(29(22)28-25)17-10-20-21(35-13-34-20)11-19(17)30(32)33/h2-11,23H,12-13H2,1H3,(H,27,28,31)/t23-/m1/s1. The molecule has 0 saturated carbocycles. The van der Waals surface area contributed by atoms with Crippen LogP contribution >= 0.6 is 11.8 Å². The summed E-state index contributed by atoms with van der Waals surface area (Å²) in [5.41, 5.74) is 2.57. The van der Waals surface area contributed by atoms with Gasteiger partial charge in [0.05, 0.1) is 21.9 Å². The van der Waals surface area contributed by atoms with Crippen LogP contribution < -0.4 is 25.4 Å². The van der Waals surface area contributed by atoms with E-state index in [9.17, 15) is 14.9 Å². The molecule has 3 aliphatic rings. The van der Waals surface area contributed by atoms with E-state index in [4.69, 9.17) is 19.6 Å². The summed E-state index contributed by atoms with van der Waals surface area (Å²) in [5.74, 6) is 0.906. The van der Waals surface area contributed by atoms with E-state index in [0.29, 0.717) is 33.0 Å². The SMILES string of the molecule is Cc1ccc(CSC2=NN3C(=c4ccccc4=N[C@H]3c3cc4c(cc3[N+](=O)[O-])OCO4)C(=O)N2)cc1. The van der Waals surface area contributed by atoms with E-state index in [1.807, 2.05) is 37.3 Å². The molecule has 0 spiro atoms. The van der Waals surface area contributed by atoms with E-state index < -0.39 is 11.1 Å². The molecule has 1 amide bonds. The van der Waals surface area contributed by atoms with Gasteiger partial charge >= 0.3 is 0 Å². The summed E-state index contributed by atoms with van der Waals surface area (Å²) < 4.78 is 10.8. The van der Waals surface area contributed by atoms with Crippen LogP contribution in [0, 0.1) is 17.0 Å². The van der Waals surface area contributed by atoms with Gasteiger partial charge in [-0.05, 0) is 24.6 Å².